The maximum atomic E-state index is 12.9. The SMILES string of the molecule is C#CC(C)OC(=O)c1sc(C(=O)OCC)c(-c2ccccc2)c1-c1ccccc1. The zero-order valence-corrected chi connectivity index (χ0v) is 17.0. The maximum absolute atomic E-state index is 12.9. The number of thiophene rings is 1. The van der Waals surface area contributed by atoms with E-state index in [0.29, 0.717) is 20.9 Å². The number of ether oxygens (including phenoxy) is 2. The molecule has 0 N–H and O–H groups in total. The lowest BCUT2D eigenvalue weighted by atomic mass is 9.94. The summed E-state index contributed by atoms with van der Waals surface area (Å²) in [6.07, 6.45) is 4.68. The number of rotatable bonds is 6. The Morgan fingerprint density at radius 3 is 1.86 bits per heavy atom. The Morgan fingerprint density at radius 1 is 0.931 bits per heavy atom. The van der Waals surface area contributed by atoms with Crippen molar-refractivity contribution in [2.24, 2.45) is 0 Å². The van der Waals surface area contributed by atoms with E-state index >= 15 is 0 Å². The molecule has 0 aliphatic rings. The van der Waals surface area contributed by atoms with Crippen LogP contribution < -0.4 is 0 Å². The molecule has 5 heteroatoms. The molecule has 0 radical (unpaired) electrons. The van der Waals surface area contributed by atoms with Gasteiger partial charge in [0.05, 0.1) is 6.61 Å². The van der Waals surface area contributed by atoms with E-state index < -0.39 is 18.0 Å². The van der Waals surface area contributed by atoms with Crippen LogP contribution in [0.5, 0.6) is 0 Å². The number of esters is 2. The van der Waals surface area contributed by atoms with Gasteiger partial charge in [0, 0.05) is 11.1 Å². The van der Waals surface area contributed by atoms with Crippen molar-refractivity contribution in [1.29, 1.82) is 0 Å². The summed E-state index contributed by atoms with van der Waals surface area (Å²) in [5, 5.41) is 0. The van der Waals surface area contributed by atoms with Crippen molar-refractivity contribution in [3.8, 4) is 34.6 Å². The fourth-order valence-electron chi connectivity index (χ4n) is 2.92. The second-order valence-electron chi connectivity index (χ2n) is 6.18. The fraction of sp³-hybridized carbons (Fsp3) is 0.167. The zero-order valence-electron chi connectivity index (χ0n) is 16.2. The summed E-state index contributed by atoms with van der Waals surface area (Å²) in [5.74, 6) is 1.35. The van der Waals surface area contributed by atoms with Crippen molar-refractivity contribution >= 4 is 23.3 Å². The highest BCUT2D eigenvalue weighted by Gasteiger charge is 2.30. The predicted octanol–water partition coefficient (Wildman–Crippen LogP) is 5.44. The molecule has 0 bridgehead atoms. The van der Waals surface area contributed by atoms with E-state index in [2.05, 4.69) is 5.92 Å². The number of benzene rings is 2. The van der Waals surface area contributed by atoms with Gasteiger partial charge in [0.15, 0.2) is 6.10 Å². The molecule has 0 saturated carbocycles. The van der Waals surface area contributed by atoms with Gasteiger partial charge in [-0.1, -0.05) is 66.6 Å². The van der Waals surface area contributed by atoms with Gasteiger partial charge in [-0.25, -0.2) is 9.59 Å². The van der Waals surface area contributed by atoms with Gasteiger partial charge in [-0.3, -0.25) is 0 Å². The summed E-state index contributed by atoms with van der Waals surface area (Å²) < 4.78 is 10.6. The molecule has 1 unspecified atom stereocenters. The molecule has 2 aromatic carbocycles. The van der Waals surface area contributed by atoms with Crippen molar-refractivity contribution in [3.63, 3.8) is 0 Å². The molecule has 3 rings (SSSR count). The summed E-state index contributed by atoms with van der Waals surface area (Å²) in [6.45, 7) is 3.60. The van der Waals surface area contributed by atoms with Gasteiger partial charge in [0.1, 0.15) is 9.75 Å². The number of hydrogen-bond donors (Lipinski definition) is 0. The Morgan fingerprint density at radius 2 is 1.41 bits per heavy atom. The summed E-state index contributed by atoms with van der Waals surface area (Å²) >= 11 is 1.07. The van der Waals surface area contributed by atoms with Gasteiger partial charge < -0.3 is 9.47 Å². The van der Waals surface area contributed by atoms with Crippen LogP contribution in [0, 0.1) is 12.3 Å². The minimum absolute atomic E-state index is 0.236. The Bertz CT molecular complexity index is 1050. The average Bonchev–Trinajstić information content (AvgIpc) is 3.16. The van der Waals surface area contributed by atoms with Gasteiger partial charge in [-0.15, -0.1) is 17.8 Å². The lowest BCUT2D eigenvalue weighted by Gasteiger charge is -2.11. The molecule has 0 spiro atoms. The Balaban J connectivity index is 2.30. The van der Waals surface area contributed by atoms with Crippen LogP contribution in [0.25, 0.3) is 22.3 Å². The summed E-state index contributed by atoms with van der Waals surface area (Å²) in [7, 11) is 0. The predicted molar refractivity (Wildman–Crippen MR) is 115 cm³/mol. The van der Waals surface area contributed by atoms with E-state index in [9.17, 15) is 9.59 Å². The lowest BCUT2D eigenvalue weighted by Crippen LogP contribution is -2.12. The Hall–Kier alpha value is -3.36. The van der Waals surface area contributed by atoms with Gasteiger partial charge in [0.25, 0.3) is 0 Å². The van der Waals surface area contributed by atoms with Crippen LogP contribution in [0.2, 0.25) is 0 Å². The molecule has 1 heterocycles. The van der Waals surface area contributed by atoms with E-state index in [1.807, 2.05) is 60.7 Å². The summed E-state index contributed by atoms with van der Waals surface area (Å²) in [6, 6.07) is 18.9. The second kappa shape index (κ2) is 9.22. The first-order chi connectivity index (χ1) is 14.1. The molecule has 0 saturated heterocycles. The number of carbonyl (C=O) groups is 2. The molecule has 1 aromatic heterocycles. The van der Waals surface area contributed by atoms with Gasteiger partial charge in [0.2, 0.25) is 0 Å². The third-order valence-corrected chi connectivity index (χ3v) is 5.35. The van der Waals surface area contributed by atoms with Gasteiger partial charge >= 0.3 is 11.9 Å². The molecule has 146 valence electrons. The first-order valence-electron chi connectivity index (χ1n) is 9.18. The normalized spacial score (nSPS) is 11.3. The Labute approximate surface area is 174 Å². The zero-order chi connectivity index (χ0) is 20.8. The van der Waals surface area contributed by atoms with E-state index in [-0.39, 0.29) is 6.61 Å². The highest BCUT2D eigenvalue weighted by atomic mass is 32.1. The van der Waals surface area contributed by atoms with Crippen LogP contribution >= 0.6 is 11.3 Å². The van der Waals surface area contributed by atoms with Crippen molar-refractivity contribution in [3.05, 3.63) is 70.4 Å². The highest BCUT2D eigenvalue weighted by Crippen LogP contribution is 2.44. The standard InChI is InChI=1S/C24H20O4S/c1-4-16(3)28-24(26)22-20(18-14-10-7-11-15-18)19(17-12-8-6-9-13-17)21(29-22)23(25)27-5-2/h1,6-16H,5H2,2-3H3. The van der Waals surface area contributed by atoms with Crippen LogP contribution in [0.4, 0.5) is 0 Å². The number of hydrogen-bond acceptors (Lipinski definition) is 5. The molecular formula is C24H20O4S. The lowest BCUT2D eigenvalue weighted by molar-refractivity contribution is 0.0445. The van der Waals surface area contributed by atoms with Crippen LogP contribution in [0.1, 0.15) is 33.2 Å². The fourth-order valence-corrected chi connectivity index (χ4v) is 4.05. The van der Waals surface area contributed by atoms with Crippen molar-refractivity contribution in [2.75, 3.05) is 6.61 Å². The molecule has 3 aromatic rings. The molecule has 4 nitrogen and oxygen atoms in total. The van der Waals surface area contributed by atoms with Crippen molar-refractivity contribution < 1.29 is 19.1 Å². The molecule has 0 amide bonds. The molecule has 0 aliphatic carbocycles. The van der Waals surface area contributed by atoms with E-state index in [1.54, 1.807) is 13.8 Å². The molecular weight excluding hydrogens is 384 g/mol. The van der Waals surface area contributed by atoms with E-state index in [1.165, 1.54) is 0 Å². The molecule has 0 aliphatic heterocycles. The molecule has 29 heavy (non-hydrogen) atoms. The monoisotopic (exact) mass is 404 g/mol. The van der Waals surface area contributed by atoms with Crippen molar-refractivity contribution in [1.82, 2.24) is 0 Å². The van der Waals surface area contributed by atoms with Crippen LogP contribution in [-0.4, -0.2) is 24.6 Å². The summed E-state index contributed by atoms with van der Waals surface area (Å²) in [5.41, 5.74) is 2.91. The topological polar surface area (TPSA) is 52.6 Å². The quantitative estimate of drug-likeness (QED) is 0.406. The van der Waals surface area contributed by atoms with Gasteiger partial charge in [-0.2, -0.15) is 0 Å². The molecule has 0 fully saturated rings. The second-order valence-corrected chi connectivity index (χ2v) is 7.20. The smallest absolute Gasteiger partial charge is 0.350 e. The minimum Gasteiger partial charge on any atom is -0.462 e. The maximum Gasteiger partial charge on any atom is 0.350 e. The first kappa shape index (κ1) is 20.4. The summed E-state index contributed by atoms with van der Waals surface area (Å²) in [4.78, 5) is 26.3. The average molecular weight is 404 g/mol. The third kappa shape index (κ3) is 4.39. The largest absolute Gasteiger partial charge is 0.462 e. The van der Waals surface area contributed by atoms with E-state index in [4.69, 9.17) is 15.9 Å². The molecule has 1 atom stereocenters. The van der Waals surface area contributed by atoms with Crippen LogP contribution in [0.15, 0.2) is 60.7 Å². The Kier molecular flexibility index (Phi) is 6.48. The van der Waals surface area contributed by atoms with E-state index in [0.717, 1.165) is 22.5 Å². The minimum atomic E-state index is -0.681. The van der Waals surface area contributed by atoms with Crippen LogP contribution in [0.3, 0.4) is 0 Å². The number of terminal acetylenes is 1. The van der Waals surface area contributed by atoms with Crippen molar-refractivity contribution in [2.45, 2.75) is 20.0 Å². The van der Waals surface area contributed by atoms with Gasteiger partial charge in [-0.05, 0) is 25.0 Å². The van der Waals surface area contributed by atoms with Crippen LogP contribution in [-0.2, 0) is 9.47 Å². The first-order valence-corrected chi connectivity index (χ1v) is 10.00. The highest BCUT2D eigenvalue weighted by molar-refractivity contribution is 7.17. The third-order valence-electron chi connectivity index (χ3n) is 4.20. The number of carbonyl (C=O) groups excluding carboxylic acids is 2.